The summed E-state index contributed by atoms with van der Waals surface area (Å²) in [6.07, 6.45) is 0. The Labute approximate surface area is 119 Å². The van der Waals surface area contributed by atoms with Crippen LogP contribution in [0.2, 0.25) is 0 Å². The summed E-state index contributed by atoms with van der Waals surface area (Å²) in [5.41, 5.74) is 7.68. The van der Waals surface area contributed by atoms with Crippen LogP contribution in [-0.2, 0) is 0 Å². The summed E-state index contributed by atoms with van der Waals surface area (Å²) >= 11 is 3.94. The normalized spacial score (nSPS) is 29.2. The van der Waals surface area contributed by atoms with E-state index in [0.717, 1.165) is 6.54 Å². The molecule has 2 heterocycles. The number of aryl methyl sites for hydroxylation is 1. The fourth-order valence-electron chi connectivity index (χ4n) is 2.73. The Hall–Kier alpha value is -0.0300. The highest BCUT2D eigenvalue weighted by molar-refractivity contribution is 8.00. The van der Waals surface area contributed by atoms with E-state index in [1.807, 2.05) is 11.3 Å². The number of nitrogens with zero attached hydrogens (tertiary/aromatic N) is 1. The molecule has 2 rings (SSSR count). The van der Waals surface area contributed by atoms with Crippen molar-refractivity contribution in [2.24, 2.45) is 5.73 Å². The lowest BCUT2D eigenvalue weighted by Crippen LogP contribution is -2.50. The van der Waals surface area contributed by atoms with Gasteiger partial charge in [0, 0.05) is 34.5 Å². The Kier molecular flexibility index (Phi) is 4.75. The van der Waals surface area contributed by atoms with Crippen LogP contribution in [0, 0.1) is 6.92 Å². The van der Waals surface area contributed by atoms with Gasteiger partial charge in [0.2, 0.25) is 0 Å². The van der Waals surface area contributed by atoms with Gasteiger partial charge in [0.25, 0.3) is 0 Å². The minimum absolute atomic E-state index is 0.181. The van der Waals surface area contributed by atoms with Crippen LogP contribution < -0.4 is 5.73 Å². The van der Waals surface area contributed by atoms with Crippen molar-refractivity contribution in [1.82, 2.24) is 4.90 Å². The average Bonchev–Trinajstić information content (AvgIpc) is 2.71. The van der Waals surface area contributed by atoms with Crippen molar-refractivity contribution in [3.63, 3.8) is 0 Å². The molecule has 0 saturated carbocycles. The molecular formula is C14H24N2S2. The molecule has 18 heavy (non-hydrogen) atoms. The van der Waals surface area contributed by atoms with Crippen molar-refractivity contribution in [2.45, 2.75) is 51.1 Å². The van der Waals surface area contributed by atoms with Crippen LogP contribution in [0.5, 0.6) is 0 Å². The largest absolute Gasteiger partial charge is 0.326 e. The third-order valence-corrected chi connectivity index (χ3v) is 6.39. The minimum Gasteiger partial charge on any atom is -0.326 e. The molecule has 0 aliphatic carbocycles. The van der Waals surface area contributed by atoms with Crippen molar-refractivity contribution in [1.29, 1.82) is 0 Å². The summed E-state index contributed by atoms with van der Waals surface area (Å²) in [6, 6.07) is 3.37. The molecule has 2 nitrogen and oxygen atoms in total. The van der Waals surface area contributed by atoms with Crippen molar-refractivity contribution < 1.29 is 0 Å². The van der Waals surface area contributed by atoms with E-state index in [4.69, 9.17) is 5.73 Å². The molecule has 1 aromatic rings. The zero-order valence-corrected chi connectivity index (χ0v) is 13.4. The Morgan fingerprint density at radius 1 is 1.44 bits per heavy atom. The average molecular weight is 284 g/mol. The zero-order chi connectivity index (χ0) is 13.3. The molecule has 102 valence electrons. The molecule has 0 spiro atoms. The number of rotatable bonds is 3. The van der Waals surface area contributed by atoms with Crippen LogP contribution >= 0.6 is 23.1 Å². The lowest BCUT2D eigenvalue weighted by molar-refractivity contribution is 0.132. The molecule has 1 aliphatic rings. The molecular weight excluding hydrogens is 260 g/mol. The first-order chi connectivity index (χ1) is 8.52. The van der Waals surface area contributed by atoms with Gasteiger partial charge in [0.1, 0.15) is 0 Å². The van der Waals surface area contributed by atoms with E-state index in [2.05, 4.69) is 55.8 Å². The molecule has 0 aromatic carbocycles. The van der Waals surface area contributed by atoms with Crippen molar-refractivity contribution in [3.8, 4) is 0 Å². The van der Waals surface area contributed by atoms with Crippen LogP contribution in [0.4, 0.5) is 0 Å². The van der Waals surface area contributed by atoms with Gasteiger partial charge in [-0.1, -0.05) is 6.92 Å². The highest BCUT2D eigenvalue weighted by Crippen LogP contribution is 2.36. The summed E-state index contributed by atoms with van der Waals surface area (Å²) in [5.74, 6) is 1.22. The molecule has 4 unspecified atom stereocenters. The van der Waals surface area contributed by atoms with Crippen molar-refractivity contribution in [3.05, 3.63) is 21.9 Å². The van der Waals surface area contributed by atoms with E-state index in [1.165, 1.54) is 16.2 Å². The Morgan fingerprint density at radius 3 is 2.72 bits per heavy atom. The van der Waals surface area contributed by atoms with Crippen molar-refractivity contribution >= 4 is 23.1 Å². The third-order valence-electron chi connectivity index (χ3n) is 3.96. The SMILES string of the molecule is Cc1ccsc1C(C(C)N)N1CCSC(C)C1C. The molecule has 4 atom stereocenters. The standard InChI is InChI=1S/C14H24N2S2/c1-9-5-7-18-14(9)13(10(2)15)16-6-8-17-12(4)11(16)3/h5,7,10-13H,6,8,15H2,1-4H3. The summed E-state index contributed by atoms with van der Waals surface area (Å²) in [6.45, 7) is 10.2. The Bertz CT molecular complexity index is 389. The fourth-order valence-corrected chi connectivity index (χ4v) is 5.01. The Balaban J connectivity index is 2.28. The summed E-state index contributed by atoms with van der Waals surface area (Å²) in [4.78, 5) is 4.07. The predicted molar refractivity (Wildman–Crippen MR) is 83.5 cm³/mol. The monoisotopic (exact) mass is 284 g/mol. The van der Waals surface area contributed by atoms with Crippen LogP contribution in [0.1, 0.15) is 37.3 Å². The first-order valence-corrected chi connectivity index (χ1v) is 8.62. The second-order valence-electron chi connectivity index (χ2n) is 5.33. The van der Waals surface area contributed by atoms with Crippen LogP contribution in [0.3, 0.4) is 0 Å². The van der Waals surface area contributed by atoms with Crippen molar-refractivity contribution in [2.75, 3.05) is 12.3 Å². The van der Waals surface area contributed by atoms with Crippen LogP contribution in [-0.4, -0.2) is 34.5 Å². The molecule has 1 aliphatic heterocycles. The number of thiophene rings is 1. The quantitative estimate of drug-likeness (QED) is 0.923. The van der Waals surface area contributed by atoms with Gasteiger partial charge in [-0.25, -0.2) is 0 Å². The van der Waals surface area contributed by atoms with E-state index in [1.54, 1.807) is 0 Å². The smallest absolute Gasteiger partial charge is 0.0596 e. The fraction of sp³-hybridized carbons (Fsp3) is 0.714. The molecule has 0 radical (unpaired) electrons. The third kappa shape index (κ3) is 2.77. The molecule has 1 fully saturated rings. The molecule has 2 N–H and O–H groups in total. The van der Waals surface area contributed by atoms with Gasteiger partial charge in [0.15, 0.2) is 0 Å². The zero-order valence-electron chi connectivity index (χ0n) is 11.7. The van der Waals surface area contributed by atoms with Gasteiger partial charge >= 0.3 is 0 Å². The van der Waals surface area contributed by atoms with E-state index in [9.17, 15) is 0 Å². The first kappa shape index (κ1) is 14.4. The topological polar surface area (TPSA) is 29.3 Å². The van der Waals surface area contributed by atoms with Gasteiger partial charge in [0.05, 0.1) is 6.04 Å². The van der Waals surface area contributed by atoms with Gasteiger partial charge in [-0.2, -0.15) is 11.8 Å². The molecule has 4 heteroatoms. The second-order valence-corrected chi connectivity index (χ2v) is 7.76. The first-order valence-electron chi connectivity index (χ1n) is 6.69. The van der Waals surface area contributed by atoms with E-state index < -0.39 is 0 Å². The maximum absolute atomic E-state index is 6.29. The second kappa shape index (κ2) is 5.95. The summed E-state index contributed by atoms with van der Waals surface area (Å²) in [5, 5.41) is 2.88. The summed E-state index contributed by atoms with van der Waals surface area (Å²) in [7, 11) is 0. The van der Waals surface area contributed by atoms with Gasteiger partial charge in [-0.3, -0.25) is 4.90 Å². The molecule has 1 saturated heterocycles. The number of thioether (sulfide) groups is 1. The lowest BCUT2D eigenvalue weighted by atomic mass is 10.0. The summed E-state index contributed by atoms with van der Waals surface area (Å²) < 4.78 is 0. The molecule has 0 amide bonds. The maximum atomic E-state index is 6.29. The maximum Gasteiger partial charge on any atom is 0.0596 e. The van der Waals surface area contributed by atoms with E-state index in [0.29, 0.717) is 17.3 Å². The highest BCUT2D eigenvalue weighted by Gasteiger charge is 2.34. The molecule has 0 bridgehead atoms. The molecule has 1 aromatic heterocycles. The number of nitrogens with two attached hydrogens (primary N) is 1. The van der Waals surface area contributed by atoms with Crippen LogP contribution in [0.15, 0.2) is 11.4 Å². The predicted octanol–water partition coefficient (Wildman–Crippen LogP) is 3.27. The van der Waals surface area contributed by atoms with Gasteiger partial charge < -0.3 is 5.73 Å². The van der Waals surface area contributed by atoms with E-state index in [-0.39, 0.29) is 6.04 Å². The van der Waals surface area contributed by atoms with Crippen LogP contribution in [0.25, 0.3) is 0 Å². The van der Waals surface area contributed by atoms with Gasteiger partial charge in [-0.05, 0) is 37.8 Å². The highest BCUT2D eigenvalue weighted by atomic mass is 32.2. The van der Waals surface area contributed by atoms with Gasteiger partial charge in [-0.15, -0.1) is 11.3 Å². The minimum atomic E-state index is 0.181. The Morgan fingerprint density at radius 2 is 2.17 bits per heavy atom. The number of hydrogen-bond donors (Lipinski definition) is 1. The lowest BCUT2D eigenvalue weighted by Gasteiger charge is -2.44. The van der Waals surface area contributed by atoms with E-state index >= 15 is 0 Å². The number of hydrogen-bond acceptors (Lipinski definition) is 4.